The molecular weight excluding hydrogens is 310 g/mol. The Labute approximate surface area is 143 Å². The Hall–Kier alpha value is -1.14. The molecule has 1 saturated carbocycles. The van der Waals surface area contributed by atoms with E-state index in [-0.39, 0.29) is 12.1 Å². The standard InChI is InChI=1S/C17H29N3O2S/c1-5-15-19-11-14(23-15)10-18-12-6-8-13(9-7-12)20-16(21)22-17(2,3)4/h11-13,18H,5-10H2,1-4H3,(H,20,21). The van der Waals surface area contributed by atoms with Crippen LogP contribution in [0.15, 0.2) is 6.20 Å². The van der Waals surface area contributed by atoms with Crippen LogP contribution in [0, 0.1) is 0 Å². The zero-order valence-electron chi connectivity index (χ0n) is 14.6. The van der Waals surface area contributed by atoms with Gasteiger partial charge in [-0.1, -0.05) is 6.92 Å². The van der Waals surface area contributed by atoms with Gasteiger partial charge in [0.05, 0.1) is 5.01 Å². The molecule has 2 N–H and O–H groups in total. The van der Waals surface area contributed by atoms with E-state index in [9.17, 15) is 4.79 Å². The summed E-state index contributed by atoms with van der Waals surface area (Å²) in [6, 6.07) is 0.761. The van der Waals surface area contributed by atoms with Crippen molar-refractivity contribution in [3.05, 3.63) is 16.1 Å². The highest BCUT2D eigenvalue weighted by Gasteiger charge is 2.24. The van der Waals surface area contributed by atoms with Crippen LogP contribution in [0.3, 0.4) is 0 Å². The van der Waals surface area contributed by atoms with Crippen LogP contribution in [0.2, 0.25) is 0 Å². The summed E-state index contributed by atoms with van der Waals surface area (Å²) in [6.45, 7) is 8.69. The molecule has 0 aromatic carbocycles. The quantitative estimate of drug-likeness (QED) is 0.860. The summed E-state index contributed by atoms with van der Waals surface area (Å²) < 4.78 is 5.31. The number of carbonyl (C=O) groups is 1. The summed E-state index contributed by atoms with van der Waals surface area (Å²) in [6.07, 6.45) is 6.85. The van der Waals surface area contributed by atoms with Crippen LogP contribution in [0.5, 0.6) is 0 Å². The van der Waals surface area contributed by atoms with Gasteiger partial charge in [-0.3, -0.25) is 0 Å². The molecule has 0 spiro atoms. The molecule has 1 aromatic heterocycles. The normalized spacial score (nSPS) is 21.9. The van der Waals surface area contributed by atoms with E-state index >= 15 is 0 Å². The first-order valence-electron chi connectivity index (χ1n) is 8.52. The van der Waals surface area contributed by atoms with Crippen molar-refractivity contribution in [1.29, 1.82) is 0 Å². The van der Waals surface area contributed by atoms with Crippen molar-refractivity contribution in [3.63, 3.8) is 0 Å². The number of hydrogen-bond acceptors (Lipinski definition) is 5. The Bertz CT molecular complexity index is 502. The molecule has 0 aliphatic heterocycles. The fourth-order valence-electron chi connectivity index (χ4n) is 2.75. The van der Waals surface area contributed by atoms with Gasteiger partial charge in [-0.25, -0.2) is 9.78 Å². The lowest BCUT2D eigenvalue weighted by Crippen LogP contribution is -2.43. The van der Waals surface area contributed by atoms with E-state index in [0.29, 0.717) is 6.04 Å². The molecule has 1 amide bonds. The van der Waals surface area contributed by atoms with Crippen LogP contribution in [-0.2, 0) is 17.7 Å². The molecule has 0 radical (unpaired) electrons. The van der Waals surface area contributed by atoms with Crippen molar-refractivity contribution in [1.82, 2.24) is 15.6 Å². The number of rotatable bonds is 5. The van der Waals surface area contributed by atoms with Crippen LogP contribution in [-0.4, -0.2) is 28.8 Å². The van der Waals surface area contributed by atoms with Crippen molar-refractivity contribution < 1.29 is 9.53 Å². The second-order valence-corrected chi connectivity index (χ2v) is 8.35. The van der Waals surface area contributed by atoms with Crippen molar-refractivity contribution in [2.75, 3.05) is 0 Å². The maximum Gasteiger partial charge on any atom is 0.407 e. The maximum absolute atomic E-state index is 11.8. The summed E-state index contributed by atoms with van der Waals surface area (Å²) >= 11 is 1.79. The topological polar surface area (TPSA) is 63.2 Å². The summed E-state index contributed by atoms with van der Waals surface area (Å²) in [5.74, 6) is 0. The van der Waals surface area contributed by atoms with Gasteiger partial charge in [0, 0.05) is 29.7 Å². The molecule has 5 nitrogen and oxygen atoms in total. The molecule has 0 unspecified atom stereocenters. The highest BCUT2D eigenvalue weighted by molar-refractivity contribution is 7.11. The number of ether oxygens (including phenoxy) is 1. The molecule has 1 aliphatic carbocycles. The number of aryl methyl sites for hydroxylation is 1. The second-order valence-electron chi connectivity index (χ2n) is 7.15. The van der Waals surface area contributed by atoms with Crippen molar-refractivity contribution in [3.8, 4) is 0 Å². The Balaban J connectivity index is 1.66. The second kappa shape index (κ2) is 8.11. The summed E-state index contributed by atoms with van der Waals surface area (Å²) in [4.78, 5) is 17.5. The molecule has 130 valence electrons. The molecule has 1 fully saturated rings. The zero-order chi connectivity index (χ0) is 16.9. The van der Waals surface area contributed by atoms with Crippen LogP contribution >= 0.6 is 11.3 Å². The van der Waals surface area contributed by atoms with Crippen LogP contribution in [0.25, 0.3) is 0 Å². The van der Waals surface area contributed by atoms with E-state index in [1.165, 1.54) is 9.88 Å². The fourth-order valence-corrected chi connectivity index (χ4v) is 3.57. The minimum Gasteiger partial charge on any atom is -0.444 e. The Morgan fingerprint density at radius 1 is 1.30 bits per heavy atom. The van der Waals surface area contributed by atoms with Crippen molar-refractivity contribution >= 4 is 17.4 Å². The van der Waals surface area contributed by atoms with Gasteiger partial charge in [0.2, 0.25) is 0 Å². The molecule has 1 aliphatic rings. The number of aromatic nitrogens is 1. The number of nitrogens with one attached hydrogen (secondary N) is 2. The predicted molar refractivity (Wildman–Crippen MR) is 93.7 cm³/mol. The highest BCUT2D eigenvalue weighted by Crippen LogP contribution is 2.20. The minimum atomic E-state index is -0.436. The average molecular weight is 340 g/mol. The predicted octanol–water partition coefficient (Wildman–Crippen LogP) is 3.63. The van der Waals surface area contributed by atoms with Crippen LogP contribution in [0.1, 0.15) is 63.3 Å². The van der Waals surface area contributed by atoms with Gasteiger partial charge >= 0.3 is 6.09 Å². The number of carbonyl (C=O) groups excluding carboxylic acids is 1. The van der Waals surface area contributed by atoms with Gasteiger partial charge in [-0.05, 0) is 52.9 Å². The molecule has 0 bridgehead atoms. The van der Waals surface area contributed by atoms with E-state index in [0.717, 1.165) is 38.6 Å². The molecule has 2 rings (SSSR count). The molecule has 0 atom stereocenters. The molecule has 0 saturated heterocycles. The summed E-state index contributed by atoms with van der Waals surface area (Å²) in [5, 5.41) is 7.80. The summed E-state index contributed by atoms with van der Waals surface area (Å²) in [5.41, 5.74) is -0.436. The van der Waals surface area contributed by atoms with E-state index in [2.05, 4.69) is 22.5 Å². The van der Waals surface area contributed by atoms with Gasteiger partial charge in [-0.15, -0.1) is 11.3 Å². The largest absolute Gasteiger partial charge is 0.444 e. The van der Waals surface area contributed by atoms with Gasteiger partial charge < -0.3 is 15.4 Å². The SMILES string of the molecule is CCc1ncc(CNC2CCC(NC(=O)OC(C)(C)C)CC2)s1. The smallest absolute Gasteiger partial charge is 0.407 e. The third kappa shape index (κ3) is 6.47. The first-order chi connectivity index (χ1) is 10.9. The van der Waals surface area contributed by atoms with Crippen molar-refractivity contribution in [2.45, 2.75) is 84.0 Å². The molecule has 1 heterocycles. The van der Waals surface area contributed by atoms with Crippen LogP contribution < -0.4 is 10.6 Å². The van der Waals surface area contributed by atoms with E-state index in [4.69, 9.17) is 4.74 Å². The number of amides is 1. The molecule has 1 aromatic rings. The Morgan fingerprint density at radius 3 is 2.52 bits per heavy atom. The van der Waals surface area contributed by atoms with Gasteiger partial charge in [-0.2, -0.15) is 0 Å². The monoisotopic (exact) mass is 339 g/mol. The lowest BCUT2D eigenvalue weighted by atomic mass is 9.91. The zero-order valence-corrected chi connectivity index (χ0v) is 15.5. The number of thiazole rings is 1. The Kier molecular flexibility index (Phi) is 6.41. The third-order valence-electron chi connectivity index (χ3n) is 3.92. The maximum atomic E-state index is 11.8. The number of nitrogens with zero attached hydrogens (tertiary/aromatic N) is 1. The van der Waals surface area contributed by atoms with E-state index < -0.39 is 5.60 Å². The van der Waals surface area contributed by atoms with Crippen LogP contribution in [0.4, 0.5) is 4.79 Å². The van der Waals surface area contributed by atoms with Gasteiger partial charge in [0.25, 0.3) is 0 Å². The number of alkyl carbamates (subject to hydrolysis) is 1. The molecular formula is C17H29N3O2S. The first-order valence-corrected chi connectivity index (χ1v) is 9.34. The lowest BCUT2D eigenvalue weighted by molar-refractivity contribution is 0.0490. The highest BCUT2D eigenvalue weighted by atomic mass is 32.1. The fraction of sp³-hybridized carbons (Fsp3) is 0.765. The minimum absolute atomic E-state index is 0.234. The van der Waals surface area contributed by atoms with Crippen molar-refractivity contribution in [2.24, 2.45) is 0 Å². The average Bonchev–Trinajstić information content (AvgIpc) is 2.92. The third-order valence-corrected chi connectivity index (χ3v) is 5.06. The van der Waals surface area contributed by atoms with E-state index in [1.807, 2.05) is 27.0 Å². The summed E-state index contributed by atoms with van der Waals surface area (Å²) in [7, 11) is 0. The molecule has 6 heteroatoms. The van der Waals surface area contributed by atoms with Gasteiger partial charge in [0.1, 0.15) is 5.60 Å². The first kappa shape index (κ1) is 18.2. The Morgan fingerprint density at radius 2 is 1.96 bits per heavy atom. The lowest BCUT2D eigenvalue weighted by Gasteiger charge is -2.30. The molecule has 23 heavy (non-hydrogen) atoms. The van der Waals surface area contributed by atoms with Gasteiger partial charge in [0.15, 0.2) is 0 Å². The number of hydrogen-bond donors (Lipinski definition) is 2. The van der Waals surface area contributed by atoms with E-state index in [1.54, 1.807) is 11.3 Å².